The highest BCUT2D eigenvalue weighted by Crippen LogP contribution is 2.38. The Morgan fingerprint density at radius 3 is 2.49 bits per heavy atom. The first-order valence-corrected chi connectivity index (χ1v) is 15.6. The van der Waals surface area contributed by atoms with E-state index in [0.29, 0.717) is 34.8 Å². The predicted octanol–water partition coefficient (Wildman–Crippen LogP) is 5.59. The molecule has 45 heavy (non-hydrogen) atoms. The molecule has 5 rings (SSSR count). The number of piperazine rings is 1. The Balaban J connectivity index is 1.27. The number of aromatic nitrogens is 1. The second kappa shape index (κ2) is 14.2. The van der Waals surface area contributed by atoms with E-state index in [4.69, 9.17) is 14.2 Å². The van der Waals surface area contributed by atoms with Crippen LogP contribution >= 0.6 is 0 Å². The first kappa shape index (κ1) is 32.1. The van der Waals surface area contributed by atoms with Gasteiger partial charge in [-0.3, -0.25) is 9.71 Å². The molecule has 0 unspecified atom stereocenters. The summed E-state index contributed by atoms with van der Waals surface area (Å²) in [6.45, 7) is 2.51. The van der Waals surface area contributed by atoms with Crippen LogP contribution in [0.5, 0.6) is 28.7 Å². The molecule has 1 aliphatic rings. The van der Waals surface area contributed by atoms with Crippen molar-refractivity contribution in [2.24, 2.45) is 0 Å². The number of ether oxygens (including phenoxy) is 4. The van der Waals surface area contributed by atoms with Crippen molar-refractivity contribution in [3.05, 3.63) is 72.7 Å². The summed E-state index contributed by atoms with van der Waals surface area (Å²) in [7, 11) is -0.588. The normalized spacial score (nSPS) is 14.4. The molecule has 0 atom stereocenters. The standard InChI is InChI=1S/C31H33F3N4O6S/c1-37-12-14-38(15-13-37)11-4-16-42-30-20-26-24(19-29(30)41-2)27(9-10-35-26)44-28-8-7-21(17-25(28)32)36-45(39,40)23-6-3-5-22(18-23)43-31(33)34/h3,5-10,17-20,31,36H,4,11-16H2,1-2H3. The Morgan fingerprint density at radius 2 is 1.76 bits per heavy atom. The van der Waals surface area contributed by atoms with Crippen molar-refractivity contribution in [1.29, 1.82) is 0 Å². The molecule has 0 amide bonds. The molecule has 1 fully saturated rings. The van der Waals surface area contributed by atoms with Crippen LogP contribution in [0.1, 0.15) is 6.42 Å². The molecular formula is C31H33F3N4O6S. The first-order valence-electron chi connectivity index (χ1n) is 14.2. The second-order valence-electron chi connectivity index (χ2n) is 10.4. The number of hydrogen-bond acceptors (Lipinski definition) is 9. The minimum Gasteiger partial charge on any atom is -0.493 e. The highest BCUT2D eigenvalue weighted by Gasteiger charge is 2.19. The van der Waals surface area contributed by atoms with Crippen molar-refractivity contribution in [1.82, 2.24) is 14.8 Å². The van der Waals surface area contributed by atoms with Gasteiger partial charge in [-0.2, -0.15) is 8.78 Å². The molecule has 1 aromatic heterocycles. The van der Waals surface area contributed by atoms with Gasteiger partial charge in [0, 0.05) is 62.5 Å². The maximum absolute atomic E-state index is 15.1. The number of sulfonamides is 1. The van der Waals surface area contributed by atoms with Gasteiger partial charge >= 0.3 is 6.61 Å². The summed E-state index contributed by atoms with van der Waals surface area (Å²) in [6, 6.07) is 13.1. The smallest absolute Gasteiger partial charge is 0.387 e. The third-order valence-corrected chi connectivity index (χ3v) is 8.58. The number of alkyl halides is 2. The van der Waals surface area contributed by atoms with E-state index in [1.807, 2.05) is 0 Å². The molecule has 0 saturated carbocycles. The van der Waals surface area contributed by atoms with E-state index < -0.39 is 22.5 Å². The molecule has 0 spiro atoms. The van der Waals surface area contributed by atoms with Crippen molar-refractivity contribution in [2.45, 2.75) is 17.9 Å². The highest BCUT2D eigenvalue weighted by molar-refractivity contribution is 7.92. The van der Waals surface area contributed by atoms with Gasteiger partial charge in [0.1, 0.15) is 11.5 Å². The third kappa shape index (κ3) is 8.26. The number of nitrogens with zero attached hydrogens (tertiary/aromatic N) is 3. The number of benzene rings is 3. The van der Waals surface area contributed by atoms with Crippen molar-refractivity contribution in [3.8, 4) is 28.7 Å². The fourth-order valence-corrected chi connectivity index (χ4v) is 5.91. The number of pyridine rings is 1. The number of anilines is 1. The molecular weight excluding hydrogens is 613 g/mol. The molecule has 240 valence electrons. The maximum Gasteiger partial charge on any atom is 0.387 e. The zero-order valence-electron chi connectivity index (χ0n) is 24.7. The van der Waals surface area contributed by atoms with Gasteiger partial charge in [-0.1, -0.05) is 6.07 Å². The van der Waals surface area contributed by atoms with Crippen LogP contribution in [-0.2, 0) is 10.0 Å². The third-order valence-electron chi connectivity index (χ3n) is 7.20. The number of likely N-dealkylation sites (N-methyl/N-ethyl adjacent to an activating group) is 1. The quantitative estimate of drug-likeness (QED) is 0.186. The lowest BCUT2D eigenvalue weighted by Crippen LogP contribution is -2.44. The minimum atomic E-state index is -4.24. The predicted molar refractivity (Wildman–Crippen MR) is 163 cm³/mol. The number of hydrogen-bond donors (Lipinski definition) is 1. The average molecular weight is 647 g/mol. The fraction of sp³-hybridized carbons (Fsp3) is 0.323. The molecule has 0 aliphatic carbocycles. The minimum absolute atomic E-state index is 0.101. The summed E-state index contributed by atoms with van der Waals surface area (Å²) in [5.41, 5.74) is 0.445. The van der Waals surface area contributed by atoms with Crippen molar-refractivity contribution in [3.63, 3.8) is 0 Å². The summed E-state index contributed by atoms with van der Waals surface area (Å²) < 4.78 is 89.7. The molecule has 2 heterocycles. The SMILES string of the molecule is COc1cc2c(Oc3ccc(NS(=O)(=O)c4cccc(OC(F)F)c4)cc3F)ccnc2cc1OCCCN1CCN(C)CC1. The van der Waals surface area contributed by atoms with Crippen molar-refractivity contribution < 1.29 is 40.5 Å². The molecule has 1 saturated heterocycles. The van der Waals surface area contributed by atoms with E-state index in [1.54, 1.807) is 18.2 Å². The topological polar surface area (TPSA) is 102 Å². The molecule has 1 aliphatic heterocycles. The van der Waals surface area contributed by atoms with Crippen LogP contribution in [0, 0.1) is 5.82 Å². The van der Waals surface area contributed by atoms with Gasteiger partial charge in [0.25, 0.3) is 10.0 Å². The van der Waals surface area contributed by atoms with E-state index >= 15 is 4.39 Å². The Hall–Kier alpha value is -4.27. The highest BCUT2D eigenvalue weighted by atomic mass is 32.2. The molecule has 0 radical (unpaired) electrons. The summed E-state index contributed by atoms with van der Waals surface area (Å²) in [5.74, 6) is -0.0505. The lowest BCUT2D eigenvalue weighted by atomic mass is 10.1. The summed E-state index contributed by atoms with van der Waals surface area (Å²) >= 11 is 0. The van der Waals surface area contributed by atoms with E-state index in [1.165, 1.54) is 43.6 Å². The molecule has 10 nitrogen and oxygen atoms in total. The van der Waals surface area contributed by atoms with Crippen LogP contribution in [0.25, 0.3) is 10.9 Å². The van der Waals surface area contributed by atoms with Gasteiger partial charge in [0.15, 0.2) is 23.1 Å². The number of rotatable bonds is 13. The molecule has 14 heteroatoms. The zero-order valence-corrected chi connectivity index (χ0v) is 25.5. The Kier molecular flexibility index (Phi) is 10.2. The Bertz CT molecular complexity index is 1740. The van der Waals surface area contributed by atoms with Crippen LogP contribution in [0.15, 0.2) is 71.8 Å². The number of halogens is 3. The van der Waals surface area contributed by atoms with E-state index in [0.717, 1.165) is 51.3 Å². The van der Waals surface area contributed by atoms with Crippen molar-refractivity contribution >= 4 is 26.6 Å². The molecule has 3 aromatic carbocycles. The van der Waals surface area contributed by atoms with Gasteiger partial charge in [-0.05, 0) is 49.9 Å². The van der Waals surface area contributed by atoms with E-state index in [2.05, 4.69) is 31.3 Å². The second-order valence-corrected chi connectivity index (χ2v) is 12.1. The lowest BCUT2D eigenvalue weighted by Gasteiger charge is -2.32. The molecule has 4 aromatic rings. The van der Waals surface area contributed by atoms with Gasteiger partial charge in [-0.15, -0.1) is 0 Å². The van der Waals surface area contributed by atoms with E-state index in [-0.39, 0.29) is 22.1 Å². The monoisotopic (exact) mass is 646 g/mol. The summed E-state index contributed by atoms with van der Waals surface area (Å²) in [5, 5.41) is 0.550. The zero-order chi connectivity index (χ0) is 32.0. The number of nitrogens with one attached hydrogen (secondary N) is 1. The Labute approximate surface area is 259 Å². The van der Waals surface area contributed by atoms with Crippen LogP contribution in [0.3, 0.4) is 0 Å². The van der Waals surface area contributed by atoms with Crippen LogP contribution < -0.4 is 23.7 Å². The average Bonchev–Trinajstić information content (AvgIpc) is 3.01. The lowest BCUT2D eigenvalue weighted by molar-refractivity contribution is -0.0499. The van der Waals surface area contributed by atoms with Gasteiger partial charge in [0.05, 0.1) is 29.8 Å². The fourth-order valence-electron chi connectivity index (χ4n) is 4.83. The number of fused-ring (bicyclic) bond motifs is 1. The van der Waals surface area contributed by atoms with Crippen LogP contribution in [0.4, 0.5) is 18.9 Å². The summed E-state index contributed by atoms with van der Waals surface area (Å²) in [4.78, 5) is 8.80. The first-order chi connectivity index (χ1) is 21.6. The Morgan fingerprint density at radius 1 is 0.956 bits per heavy atom. The van der Waals surface area contributed by atoms with Crippen LogP contribution in [0.2, 0.25) is 0 Å². The van der Waals surface area contributed by atoms with E-state index in [9.17, 15) is 17.2 Å². The van der Waals surface area contributed by atoms with Gasteiger partial charge < -0.3 is 28.7 Å². The molecule has 0 bridgehead atoms. The van der Waals surface area contributed by atoms with Crippen LogP contribution in [-0.4, -0.2) is 83.3 Å². The largest absolute Gasteiger partial charge is 0.493 e. The van der Waals surface area contributed by atoms with Gasteiger partial charge in [0.2, 0.25) is 0 Å². The van der Waals surface area contributed by atoms with Gasteiger partial charge in [-0.25, -0.2) is 12.8 Å². The molecule has 1 N–H and O–H groups in total. The summed E-state index contributed by atoms with van der Waals surface area (Å²) in [6.07, 6.45) is 2.37. The van der Waals surface area contributed by atoms with Crippen molar-refractivity contribution in [2.75, 3.05) is 58.2 Å². The maximum atomic E-state index is 15.1. The number of methoxy groups -OCH3 is 1.